The standard InChI is InChI=1S/C16H8ClN5O/c17-12-3-4-21-13-2-1-8(5-9(12)13)14-10(6-18)15(20)22-16(23)11(14)7-19/h1-5H,(H3,20,22,23). The van der Waals surface area contributed by atoms with Gasteiger partial charge in [0.25, 0.3) is 5.56 Å². The van der Waals surface area contributed by atoms with Crippen LogP contribution in [0.25, 0.3) is 22.0 Å². The van der Waals surface area contributed by atoms with Crippen molar-refractivity contribution in [3.05, 3.63) is 57.0 Å². The monoisotopic (exact) mass is 321 g/mol. The largest absolute Gasteiger partial charge is 0.384 e. The number of anilines is 1. The van der Waals surface area contributed by atoms with E-state index in [0.717, 1.165) is 0 Å². The van der Waals surface area contributed by atoms with Crippen LogP contribution in [0.5, 0.6) is 0 Å². The number of pyridine rings is 2. The maximum atomic E-state index is 12.0. The molecular weight excluding hydrogens is 314 g/mol. The number of hydrogen-bond acceptors (Lipinski definition) is 5. The second kappa shape index (κ2) is 5.45. The molecule has 0 radical (unpaired) electrons. The molecule has 110 valence electrons. The molecule has 6 nitrogen and oxygen atoms in total. The maximum Gasteiger partial charge on any atom is 0.268 e. The molecule has 1 aromatic carbocycles. The number of aromatic nitrogens is 2. The Labute approximate surface area is 135 Å². The van der Waals surface area contributed by atoms with Gasteiger partial charge in [-0.25, -0.2) is 0 Å². The van der Waals surface area contributed by atoms with Gasteiger partial charge < -0.3 is 10.7 Å². The molecule has 0 saturated carbocycles. The summed E-state index contributed by atoms with van der Waals surface area (Å²) in [6.45, 7) is 0. The van der Waals surface area contributed by atoms with Crippen LogP contribution in [-0.2, 0) is 0 Å². The lowest BCUT2D eigenvalue weighted by atomic mass is 9.95. The number of nitrogens with one attached hydrogen (secondary N) is 1. The number of fused-ring (bicyclic) bond motifs is 1. The van der Waals surface area contributed by atoms with Crippen molar-refractivity contribution in [3.63, 3.8) is 0 Å². The second-order valence-electron chi connectivity index (χ2n) is 4.74. The minimum atomic E-state index is -0.642. The summed E-state index contributed by atoms with van der Waals surface area (Å²) in [5.41, 5.74) is 6.29. The number of nitrogen functional groups attached to an aromatic ring is 1. The molecule has 3 rings (SSSR count). The first-order valence-corrected chi connectivity index (χ1v) is 6.85. The zero-order chi connectivity index (χ0) is 16.6. The molecule has 0 aliphatic heterocycles. The summed E-state index contributed by atoms with van der Waals surface area (Å²) in [7, 11) is 0. The predicted molar refractivity (Wildman–Crippen MR) is 86.7 cm³/mol. The molecule has 3 aromatic rings. The number of hydrogen-bond donors (Lipinski definition) is 2. The molecule has 0 atom stereocenters. The fraction of sp³-hybridized carbons (Fsp3) is 0. The zero-order valence-electron chi connectivity index (χ0n) is 11.6. The highest BCUT2D eigenvalue weighted by molar-refractivity contribution is 6.35. The number of nitrogens with zero attached hydrogens (tertiary/aromatic N) is 3. The van der Waals surface area contributed by atoms with Crippen LogP contribution in [-0.4, -0.2) is 9.97 Å². The van der Waals surface area contributed by atoms with Gasteiger partial charge in [0.1, 0.15) is 29.1 Å². The summed E-state index contributed by atoms with van der Waals surface area (Å²) in [4.78, 5) is 18.5. The van der Waals surface area contributed by atoms with Crippen molar-refractivity contribution in [1.82, 2.24) is 9.97 Å². The van der Waals surface area contributed by atoms with Gasteiger partial charge in [0.05, 0.1) is 10.5 Å². The number of rotatable bonds is 1. The van der Waals surface area contributed by atoms with Gasteiger partial charge in [-0.2, -0.15) is 10.5 Å². The van der Waals surface area contributed by atoms with Crippen LogP contribution in [0.4, 0.5) is 5.82 Å². The quantitative estimate of drug-likeness (QED) is 0.713. The van der Waals surface area contributed by atoms with Crippen molar-refractivity contribution in [3.8, 4) is 23.3 Å². The molecule has 0 amide bonds. The van der Waals surface area contributed by atoms with Crippen molar-refractivity contribution in [1.29, 1.82) is 10.5 Å². The van der Waals surface area contributed by atoms with E-state index < -0.39 is 5.56 Å². The van der Waals surface area contributed by atoms with Gasteiger partial charge in [-0.3, -0.25) is 9.78 Å². The highest BCUT2D eigenvalue weighted by Gasteiger charge is 2.18. The van der Waals surface area contributed by atoms with E-state index in [2.05, 4.69) is 9.97 Å². The number of halogens is 1. The van der Waals surface area contributed by atoms with Crippen molar-refractivity contribution in [2.24, 2.45) is 0 Å². The third kappa shape index (κ3) is 2.28. The first kappa shape index (κ1) is 14.6. The first-order chi connectivity index (χ1) is 11.1. The van der Waals surface area contributed by atoms with Gasteiger partial charge in [-0.15, -0.1) is 0 Å². The summed E-state index contributed by atoms with van der Waals surface area (Å²) in [5, 5.41) is 19.7. The first-order valence-electron chi connectivity index (χ1n) is 6.47. The molecule has 7 heteroatoms. The maximum absolute atomic E-state index is 12.0. The molecule has 2 heterocycles. The lowest BCUT2D eigenvalue weighted by Gasteiger charge is -2.10. The van der Waals surface area contributed by atoms with Crippen molar-refractivity contribution in [2.45, 2.75) is 0 Å². The Kier molecular flexibility index (Phi) is 3.46. The van der Waals surface area contributed by atoms with E-state index in [1.165, 1.54) is 0 Å². The lowest BCUT2D eigenvalue weighted by molar-refractivity contribution is 1.21. The molecule has 0 unspecified atom stereocenters. The third-order valence-electron chi connectivity index (χ3n) is 3.45. The SMILES string of the molecule is N#Cc1c(N)[nH]c(=O)c(C#N)c1-c1ccc2nccc(Cl)c2c1. The Balaban J connectivity index is 2.44. The van der Waals surface area contributed by atoms with Gasteiger partial charge in [-0.05, 0) is 23.8 Å². The molecule has 0 saturated heterocycles. The van der Waals surface area contributed by atoms with E-state index in [1.807, 2.05) is 12.1 Å². The predicted octanol–water partition coefficient (Wildman–Crippen LogP) is 2.57. The van der Waals surface area contributed by atoms with Gasteiger partial charge in [0.2, 0.25) is 0 Å². The highest BCUT2D eigenvalue weighted by atomic mass is 35.5. The number of aromatic amines is 1. The number of benzene rings is 1. The van der Waals surface area contributed by atoms with Crippen molar-refractivity contribution >= 4 is 28.3 Å². The summed E-state index contributed by atoms with van der Waals surface area (Å²) in [6.07, 6.45) is 1.58. The minimum absolute atomic E-state index is 0.0421. The molecule has 0 aliphatic carbocycles. The van der Waals surface area contributed by atoms with Crippen LogP contribution in [0.15, 0.2) is 35.3 Å². The van der Waals surface area contributed by atoms with Crippen LogP contribution < -0.4 is 11.3 Å². The van der Waals surface area contributed by atoms with Crippen LogP contribution >= 0.6 is 11.6 Å². The normalized spacial score (nSPS) is 10.2. The van der Waals surface area contributed by atoms with E-state index in [-0.39, 0.29) is 22.5 Å². The Morgan fingerprint density at radius 1 is 1.17 bits per heavy atom. The van der Waals surface area contributed by atoms with Crippen LogP contribution in [0, 0.1) is 22.7 Å². The number of H-pyrrole nitrogens is 1. The van der Waals surface area contributed by atoms with Crippen molar-refractivity contribution < 1.29 is 0 Å². The molecule has 0 bridgehead atoms. The van der Waals surface area contributed by atoms with E-state index in [4.69, 9.17) is 17.3 Å². The summed E-state index contributed by atoms with van der Waals surface area (Å²) < 4.78 is 0. The van der Waals surface area contributed by atoms with Crippen molar-refractivity contribution in [2.75, 3.05) is 5.73 Å². The lowest BCUT2D eigenvalue weighted by Crippen LogP contribution is -2.16. The average Bonchev–Trinajstić information content (AvgIpc) is 2.54. The third-order valence-corrected chi connectivity index (χ3v) is 3.77. The molecular formula is C16H8ClN5O. The highest BCUT2D eigenvalue weighted by Crippen LogP contribution is 2.32. The Hall–Kier alpha value is -3.35. The number of nitrogens with two attached hydrogens (primary N) is 1. The molecule has 0 fully saturated rings. The second-order valence-corrected chi connectivity index (χ2v) is 5.15. The summed E-state index contributed by atoms with van der Waals surface area (Å²) >= 11 is 6.16. The van der Waals surface area contributed by atoms with Crippen LogP contribution in [0.1, 0.15) is 11.1 Å². The van der Waals surface area contributed by atoms with Crippen LogP contribution in [0.3, 0.4) is 0 Å². The molecule has 3 N–H and O–H groups in total. The van der Waals surface area contributed by atoms with Gasteiger partial charge in [0.15, 0.2) is 0 Å². The van der Waals surface area contributed by atoms with Gasteiger partial charge in [0, 0.05) is 17.1 Å². The van der Waals surface area contributed by atoms with E-state index >= 15 is 0 Å². The van der Waals surface area contributed by atoms with Crippen LogP contribution in [0.2, 0.25) is 5.02 Å². The average molecular weight is 322 g/mol. The molecule has 23 heavy (non-hydrogen) atoms. The zero-order valence-corrected chi connectivity index (χ0v) is 12.3. The van der Waals surface area contributed by atoms with E-state index in [0.29, 0.717) is 21.5 Å². The fourth-order valence-corrected chi connectivity index (χ4v) is 2.61. The molecule has 0 aliphatic rings. The smallest absolute Gasteiger partial charge is 0.268 e. The van der Waals surface area contributed by atoms with Gasteiger partial charge in [-0.1, -0.05) is 17.7 Å². The Morgan fingerprint density at radius 2 is 1.91 bits per heavy atom. The minimum Gasteiger partial charge on any atom is -0.384 e. The Morgan fingerprint density at radius 3 is 2.61 bits per heavy atom. The Bertz CT molecular complexity index is 1090. The molecule has 0 spiro atoms. The topological polar surface area (TPSA) is 119 Å². The van der Waals surface area contributed by atoms with Gasteiger partial charge >= 0.3 is 0 Å². The van der Waals surface area contributed by atoms with E-state index in [1.54, 1.807) is 30.5 Å². The van der Waals surface area contributed by atoms with E-state index in [9.17, 15) is 15.3 Å². The molecule has 2 aromatic heterocycles. The fourth-order valence-electron chi connectivity index (χ4n) is 2.40. The summed E-state index contributed by atoms with van der Waals surface area (Å²) in [5.74, 6) is -0.0797. The summed E-state index contributed by atoms with van der Waals surface area (Å²) in [6, 6.07) is 10.4. The number of nitriles is 2.